The van der Waals surface area contributed by atoms with Crippen molar-refractivity contribution in [1.82, 2.24) is 5.32 Å². The van der Waals surface area contributed by atoms with Crippen LogP contribution in [0.1, 0.15) is 79.1 Å². The third kappa shape index (κ3) is 9.24. The van der Waals surface area contributed by atoms with Crippen LogP contribution in [0.3, 0.4) is 0 Å². The Hall–Kier alpha value is -0.480. The molecule has 17 heavy (non-hydrogen) atoms. The molecule has 0 aliphatic carbocycles. The summed E-state index contributed by atoms with van der Waals surface area (Å²) in [4.78, 5) is 0. The third-order valence-corrected chi connectivity index (χ3v) is 3.24. The molecule has 0 amide bonds. The Kier molecular flexibility index (Phi) is 9.27. The van der Waals surface area contributed by atoms with Gasteiger partial charge in [-0.2, -0.15) is 0 Å². The highest BCUT2D eigenvalue weighted by Gasteiger charge is 2.18. The Morgan fingerprint density at radius 3 is 1.82 bits per heavy atom. The monoisotopic (exact) mass is 237 g/mol. The highest BCUT2D eigenvalue weighted by Crippen LogP contribution is 2.14. The van der Waals surface area contributed by atoms with Crippen molar-refractivity contribution in [3.05, 3.63) is 0 Å². The molecule has 0 saturated carbocycles. The van der Waals surface area contributed by atoms with E-state index in [1.165, 1.54) is 51.4 Å². The lowest BCUT2D eigenvalue weighted by molar-refractivity contribution is 0.352. The number of unbranched alkanes of at least 4 members (excludes halogenated alkanes) is 4. The lowest BCUT2D eigenvalue weighted by Crippen LogP contribution is -2.44. The molecule has 1 heteroatoms. The van der Waals surface area contributed by atoms with Crippen LogP contribution in [-0.2, 0) is 0 Å². The lowest BCUT2D eigenvalue weighted by Gasteiger charge is -2.28. The van der Waals surface area contributed by atoms with Crippen LogP contribution >= 0.6 is 0 Å². The predicted molar refractivity (Wildman–Crippen MR) is 78.1 cm³/mol. The number of hydrogen-bond acceptors (Lipinski definition) is 1. The zero-order valence-electron chi connectivity index (χ0n) is 12.3. The summed E-state index contributed by atoms with van der Waals surface area (Å²) in [5, 5.41) is 3.62. The van der Waals surface area contributed by atoms with E-state index in [9.17, 15) is 0 Å². The summed E-state index contributed by atoms with van der Waals surface area (Å²) in [6.07, 6.45) is 16.0. The Labute approximate surface area is 109 Å². The number of hydrogen-bond donors (Lipinski definition) is 1. The third-order valence-electron chi connectivity index (χ3n) is 3.24. The molecule has 1 nitrogen and oxygen atoms in total. The van der Waals surface area contributed by atoms with Crippen LogP contribution in [0.4, 0.5) is 0 Å². The molecular weight excluding hydrogens is 206 g/mol. The molecule has 0 rings (SSSR count). The molecular formula is C16H31N. The Morgan fingerprint density at radius 2 is 1.47 bits per heavy atom. The van der Waals surface area contributed by atoms with E-state index in [2.05, 4.69) is 38.9 Å². The van der Waals surface area contributed by atoms with Crippen LogP contribution in [0.5, 0.6) is 0 Å². The molecule has 100 valence electrons. The van der Waals surface area contributed by atoms with E-state index in [4.69, 9.17) is 6.42 Å². The van der Waals surface area contributed by atoms with Crippen molar-refractivity contribution in [2.45, 2.75) is 90.6 Å². The largest absolute Gasteiger partial charge is 0.299 e. The van der Waals surface area contributed by atoms with Gasteiger partial charge in [-0.25, -0.2) is 0 Å². The molecule has 0 heterocycles. The van der Waals surface area contributed by atoms with Crippen molar-refractivity contribution >= 4 is 0 Å². The quantitative estimate of drug-likeness (QED) is 0.435. The van der Waals surface area contributed by atoms with Gasteiger partial charge < -0.3 is 0 Å². The minimum absolute atomic E-state index is 0.164. The molecule has 0 aromatic heterocycles. The van der Waals surface area contributed by atoms with Gasteiger partial charge in [0.2, 0.25) is 0 Å². The SMILES string of the molecule is C#CC(C)(C)NC(CCCCC)CCCCC. The van der Waals surface area contributed by atoms with Crippen molar-refractivity contribution < 1.29 is 0 Å². The minimum atomic E-state index is -0.164. The Morgan fingerprint density at radius 1 is 1.00 bits per heavy atom. The van der Waals surface area contributed by atoms with E-state index in [1.54, 1.807) is 0 Å². The van der Waals surface area contributed by atoms with E-state index >= 15 is 0 Å². The second kappa shape index (κ2) is 9.54. The molecule has 0 unspecified atom stereocenters. The van der Waals surface area contributed by atoms with Gasteiger partial charge in [0, 0.05) is 6.04 Å². The van der Waals surface area contributed by atoms with E-state index in [-0.39, 0.29) is 5.54 Å². The van der Waals surface area contributed by atoms with Crippen LogP contribution in [0, 0.1) is 12.3 Å². The van der Waals surface area contributed by atoms with Gasteiger partial charge in [-0.05, 0) is 26.7 Å². The van der Waals surface area contributed by atoms with Crippen LogP contribution in [0.15, 0.2) is 0 Å². The fraction of sp³-hybridized carbons (Fsp3) is 0.875. The maximum absolute atomic E-state index is 5.55. The summed E-state index contributed by atoms with van der Waals surface area (Å²) in [6, 6.07) is 0.596. The van der Waals surface area contributed by atoms with Crippen molar-refractivity contribution in [3.8, 4) is 12.3 Å². The molecule has 0 radical (unpaired) electrons. The van der Waals surface area contributed by atoms with Gasteiger partial charge >= 0.3 is 0 Å². The Bertz CT molecular complexity index is 202. The summed E-state index contributed by atoms with van der Waals surface area (Å²) in [5.41, 5.74) is -0.164. The van der Waals surface area contributed by atoms with Crippen molar-refractivity contribution in [2.75, 3.05) is 0 Å². The fourth-order valence-electron chi connectivity index (χ4n) is 2.12. The summed E-state index contributed by atoms with van der Waals surface area (Å²) >= 11 is 0. The number of nitrogens with one attached hydrogen (secondary N) is 1. The molecule has 0 fully saturated rings. The summed E-state index contributed by atoms with van der Waals surface area (Å²) in [6.45, 7) is 8.70. The van der Waals surface area contributed by atoms with E-state index in [0.29, 0.717) is 6.04 Å². The fourth-order valence-corrected chi connectivity index (χ4v) is 2.12. The first-order valence-corrected chi connectivity index (χ1v) is 7.31. The van der Waals surface area contributed by atoms with Gasteiger partial charge in [0.1, 0.15) is 0 Å². The standard InChI is InChI=1S/C16H31N/c1-6-9-11-13-15(14-12-10-7-2)17-16(4,5)8-3/h3,15,17H,6-7,9-14H2,1-2,4-5H3. The molecule has 1 N–H and O–H groups in total. The van der Waals surface area contributed by atoms with Crippen molar-refractivity contribution in [2.24, 2.45) is 0 Å². The van der Waals surface area contributed by atoms with Crippen LogP contribution < -0.4 is 5.32 Å². The first kappa shape index (κ1) is 16.5. The molecule has 0 aliphatic rings. The van der Waals surface area contributed by atoms with Gasteiger partial charge in [0.15, 0.2) is 0 Å². The van der Waals surface area contributed by atoms with Crippen molar-refractivity contribution in [1.29, 1.82) is 0 Å². The molecule has 0 aromatic rings. The smallest absolute Gasteiger partial charge is 0.0743 e. The van der Waals surface area contributed by atoms with Gasteiger partial charge in [-0.1, -0.05) is 58.3 Å². The summed E-state index contributed by atoms with van der Waals surface area (Å²) in [5.74, 6) is 2.84. The first-order chi connectivity index (χ1) is 8.05. The van der Waals surface area contributed by atoms with E-state index < -0.39 is 0 Å². The highest BCUT2D eigenvalue weighted by atomic mass is 15.0. The summed E-state index contributed by atoms with van der Waals surface area (Å²) < 4.78 is 0. The molecule has 0 bridgehead atoms. The lowest BCUT2D eigenvalue weighted by atomic mass is 9.98. The predicted octanol–water partition coefficient (Wildman–Crippen LogP) is 4.52. The van der Waals surface area contributed by atoms with Crippen LogP contribution in [-0.4, -0.2) is 11.6 Å². The average molecular weight is 237 g/mol. The number of rotatable bonds is 10. The zero-order valence-corrected chi connectivity index (χ0v) is 12.3. The van der Waals surface area contributed by atoms with Crippen molar-refractivity contribution in [3.63, 3.8) is 0 Å². The Balaban J connectivity index is 4.06. The molecule has 0 aromatic carbocycles. The van der Waals surface area contributed by atoms with Gasteiger partial charge in [0.05, 0.1) is 5.54 Å². The molecule has 0 aliphatic heterocycles. The van der Waals surface area contributed by atoms with Gasteiger partial charge in [0.25, 0.3) is 0 Å². The highest BCUT2D eigenvalue weighted by molar-refractivity contribution is 5.08. The van der Waals surface area contributed by atoms with E-state index in [1.807, 2.05) is 0 Å². The minimum Gasteiger partial charge on any atom is -0.299 e. The summed E-state index contributed by atoms with van der Waals surface area (Å²) in [7, 11) is 0. The second-order valence-electron chi connectivity index (χ2n) is 5.60. The second-order valence-corrected chi connectivity index (χ2v) is 5.60. The number of terminal acetylenes is 1. The average Bonchev–Trinajstić information content (AvgIpc) is 2.29. The molecule has 0 atom stereocenters. The first-order valence-electron chi connectivity index (χ1n) is 7.31. The van der Waals surface area contributed by atoms with Gasteiger partial charge in [-0.15, -0.1) is 6.42 Å². The maximum atomic E-state index is 5.55. The molecule has 0 saturated heterocycles. The normalized spacial score (nSPS) is 11.8. The topological polar surface area (TPSA) is 12.0 Å². The van der Waals surface area contributed by atoms with Crippen LogP contribution in [0.2, 0.25) is 0 Å². The zero-order chi connectivity index (χ0) is 13.1. The molecule has 0 spiro atoms. The van der Waals surface area contributed by atoms with E-state index in [0.717, 1.165) is 0 Å². The maximum Gasteiger partial charge on any atom is 0.0743 e. The van der Waals surface area contributed by atoms with Gasteiger partial charge in [-0.3, -0.25) is 5.32 Å². The van der Waals surface area contributed by atoms with Crippen LogP contribution in [0.25, 0.3) is 0 Å².